The molecule has 0 fully saturated rings. The molecule has 0 spiro atoms. The Hall–Kier alpha value is -4.14. The number of nitrogens with one attached hydrogen (secondary N) is 1. The molecule has 2 N–H and O–H groups in total. The van der Waals surface area contributed by atoms with Crippen LogP contribution in [0.25, 0.3) is 22.5 Å². The van der Waals surface area contributed by atoms with Gasteiger partial charge in [0.1, 0.15) is 0 Å². The van der Waals surface area contributed by atoms with Gasteiger partial charge in [-0.25, -0.2) is 0 Å². The van der Waals surface area contributed by atoms with E-state index in [9.17, 15) is 18.7 Å². The minimum absolute atomic E-state index is 0.0155. The van der Waals surface area contributed by atoms with Crippen LogP contribution in [0.5, 0.6) is 0 Å². The summed E-state index contributed by atoms with van der Waals surface area (Å²) in [5, 5.41) is 13.4. The number of carboxylic acids is 1. The molecule has 3 heterocycles. The van der Waals surface area contributed by atoms with Crippen molar-refractivity contribution >= 4 is 14.1 Å². The van der Waals surface area contributed by atoms with Gasteiger partial charge in [0, 0.05) is 0 Å². The Morgan fingerprint density at radius 1 is 0.789 bits per heavy atom. The molecule has 10 heteroatoms. The Balaban J connectivity index is 1.94. The van der Waals surface area contributed by atoms with Crippen molar-refractivity contribution < 1.29 is 44.0 Å². The summed E-state index contributed by atoms with van der Waals surface area (Å²) < 4.78 is 58.9. The Morgan fingerprint density at radius 2 is 1.32 bits per heavy atom. The SMILES string of the molecule is O=C(O)[C]1([Ir]([c]2cc(F)cc(F)c2-c2ccccn2)[c]2cc(F)cc(F)c2-c2ccccn2)C=CC=CN1. The molecule has 1 aliphatic rings. The van der Waals surface area contributed by atoms with Crippen LogP contribution in [0.1, 0.15) is 0 Å². The van der Waals surface area contributed by atoms with Crippen molar-refractivity contribution in [3.05, 3.63) is 121 Å². The molecule has 2 aromatic heterocycles. The van der Waals surface area contributed by atoms with Crippen molar-refractivity contribution in [3.63, 3.8) is 0 Å². The average molecular weight is 697 g/mol. The summed E-state index contributed by atoms with van der Waals surface area (Å²) in [6.45, 7) is 0. The summed E-state index contributed by atoms with van der Waals surface area (Å²) in [7, 11) is 0. The van der Waals surface area contributed by atoms with Crippen molar-refractivity contribution in [1.82, 2.24) is 15.3 Å². The molecule has 4 aromatic rings. The fourth-order valence-electron chi connectivity index (χ4n) is 3.96. The third-order valence-corrected chi connectivity index (χ3v) is 13.2. The maximum atomic E-state index is 15.5. The van der Waals surface area contributed by atoms with E-state index in [-0.39, 0.29) is 30.7 Å². The van der Waals surface area contributed by atoms with Crippen LogP contribution in [0.2, 0.25) is 0 Å². The Bertz CT molecular complexity index is 1490. The van der Waals surface area contributed by atoms with Crippen LogP contribution in [0.4, 0.5) is 17.6 Å². The molecule has 38 heavy (non-hydrogen) atoms. The summed E-state index contributed by atoms with van der Waals surface area (Å²) >= 11 is -4.06. The van der Waals surface area contributed by atoms with Crippen molar-refractivity contribution in [2.45, 2.75) is 4.05 Å². The summed E-state index contributed by atoms with van der Waals surface area (Å²) in [5.41, 5.74) is -0.0256. The Kier molecular flexibility index (Phi) is 6.92. The number of carboxylic acid groups (broad SMARTS) is 1. The standard InChI is InChI=1S/2C11H6F2N.C6H6NO2.Ir/c2*12-8-4-5-9(10(13)7-8)11-3-1-2-6-14-11;8-6(9)5-3-1-2-4-7-5;/h2*1-4,6-7H;1-4,7H,(H,8,9);. The van der Waals surface area contributed by atoms with Gasteiger partial charge in [0.15, 0.2) is 0 Å². The molecular weight excluding hydrogens is 679 g/mol. The van der Waals surface area contributed by atoms with Gasteiger partial charge in [-0.2, -0.15) is 0 Å². The molecule has 0 saturated heterocycles. The molecule has 0 radical (unpaired) electrons. The monoisotopic (exact) mass is 697 g/mol. The van der Waals surface area contributed by atoms with Crippen molar-refractivity contribution in [2.24, 2.45) is 0 Å². The molecule has 1 aliphatic heterocycles. The summed E-state index contributed by atoms with van der Waals surface area (Å²) in [4.78, 5) is 21.4. The summed E-state index contributed by atoms with van der Waals surface area (Å²) in [5.74, 6) is -5.25. The number of benzene rings is 2. The summed E-state index contributed by atoms with van der Waals surface area (Å²) in [6.07, 6.45) is 8.58. The van der Waals surface area contributed by atoms with Gasteiger partial charge in [0.05, 0.1) is 0 Å². The molecule has 1 atom stereocenters. The van der Waals surface area contributed by atoms with Gasteiger partial charge in [-0.05, 0) is 0 Å². The zero-order valence-corrected chi connectivity index (χ0v) is 21.7. The Labute approximate surface area is 220 Å². The number of dihydropyridines is 1. The predicted molar refractivity (Wildman–Crippen MR) is 130 cm³/mol. The van der Waals surface area contributed by atoms with Gasteiger partial charge in [-0.15, -0.1) is 0 Å². The second-order valence-corrected chi connectivity index (χ2v) is 14.2. The molecular formula is C28H18F4IrN3O2. The molecule has 5 nitrogen and oxygen atoms in total. The quantitative estimate of drug-likeness (QED) is 0.293. The van der Waals surface area contributed by atoms with E-state index >= 15 is 8.78 Å². The molecule has 2 aromatic carbocycles. The van der Waals surface area contributed by atoms with Crippen LogP contribution >= 0.6 is 0 Å². The van der Waals surface area contributed by atoms with Gasteiger partial charge in [-0.1, -0.05) is 0 Å². The number of rotatable bonds is 6. The van der Waals surface area contributed by atoms with E-state index < -0.39 is 49.8 Å². The van der Waals surface area contributed by atoms with Crippen molar-refractivity contribution in [3.8, 4) is 22.5 Å². The molecule has 0 amide bonds. The maximum absolute atomic E-state index is 15.5. The second kappa shape index (κ2) is 10.3. The van der Waals surface area contributed by atoms with E-state index in [0.29, 0.717) is 12.1 Å². The number of carbonyl (C=O) groups is 1. The zero-order chi connectivity index (χ0) is 26.9. The number of pyridine rings is 2. The molecule has 0 saturated carbocycles. The number of aromatic nitrogens is 2. The first-order valence-corrected chi connectivity index (χ1v) is 14.7. The third kappa shape index (κ3) is 4.53. The second-order valence-electron chi connectivity index (χ2n) is 7.97. The molecule has 0 aliphatic carbocycles. The first kappa shape index (κ1) is 25.5. The van der Waals surface area contributed by atoms with E-state index in [2.05, 4.69) is 15.3 Å². The van der Waals surface area contributed by atoms with Gasteiger partial charge < -0.3 is 0 Å². The van der Waals surface area contributed by atoms with E-state index in [0.717, 1.165) is 12.1 Å². The number of hydrogen-bond donors (Lipinski definition) is 2. The molecule has 0 bridgehead atoms. The minimum atomic E-state index is -4.06. The number of hydrogen-bond acceptors (Lipinski definition) is 4. The van der Waals surface area contributed by atoms with Crippen molar-refractivity contribution in [1.29, 1.82) is 0 Å². The number of allylic oxidation sites excluding steroid dienone is 2. The van der Waals surface area contributed by atoms with Gasteiger partial charge >= 0.3 is 221 Å². The number of halogens is 4. The normalized spacial score (nSPS) is 16.7. The van der Waals surface area contributed by atoms with Crippen LogP contribution < -0.4 is 13.5 Å². The van der Waals surface area contributed by atoms with E-state index in [4.69, 9.17) is 0 Å². The Morgan fingerprint density at radius 3 is 1.71 bits per heavy atom. The van der Waals surface area contributed by atoms with E-state index in [1.165, 1.54) is 42.9 Å². The first-order chi connectivity index (χ1) is 18.3. The van der Waals surface area contributed by atoms with Crippen LogP contribution in [0.15, 0.2) is 97.5 Å². The average Bonchev–Trinajstić information content (AvgIpc) is 2.90. The topological polar surface area (TPSA) is 75.1 Å². The fraction of sp³-hybridized carbons (Fsp3) is 0.0357. The van der Waals surface area contributed by atoms with Gasteiger partial charge in [-0.3, -0.25) is 0 Å². The summed E-state index contributed by atoms with van der Waals surface area (Å²) in [6, 6.07) is 12.8. The van der Waals surface area contributed by atoms with Crippen LogP contribution in [0.3, 0.4) is 0 Å². The number of nitrogens with zero attached hydrogens (tertiary/aromatic N) is 2. The molecule has 194 valence electrons. The van der Waals surface area contributed by atoms with Crippen LogP contribution in [-0.4, -0.2) is 25.1 Å². The molecule has 5 rings (SSSR count). The van der Waals surface area contributed by atoms with Crippen LogP contribution in [-0.2, 0) is 21.3 Å². The third-order valence-electron chi connectivity index (χ3n) is 5.56. The molecule has 1 unspecified atom stereocenters. The zero-order valence-electron chi connectivity index (χ0n) is 19.3. The van der Waals surface area contributed by atoms with E-state index in [1.54, 1.807) is 30.3 Å². The van der Waals surface area contributed by atoms with Gasteiger partial charge in [0.25, 0.3) is 0 Å². The van der Waals surface area contributed by atoms with Gasteiger partial charge in [0.2, 0.25) is 0 Å². The fourth-order valence-corrected chi connectivity index (χ4v) is 12.1. The van der Waals surface area contributed by atoms with E-state index in [1.807, 2.05) is 0 Å². The van der Waals surface area contributed by atoms with Crippen molar-refractivity contribution in [2.75, 3.05) is 0 Å². The first-order valence-electron chi connectivity index (χ1n) is 11.1. The predicted octanol–water partition coefficient (Wildman–Crippen LogP) is 4.39. The van der Waals surface area contributed by atoms with Crippen LogP contribution in [0, 0.1) is 23.3 Å². The number of aliphatic carboxylic acids is 1.